The first-order valence-corrected chi connectivity index (χ1v) is 6.22. The lowest BCUT2D eigenvalue weighted by Crippen LogP contribution is -2.28. The number of nitrogens with one attached hydrogen (secondary N) is 1. The summed E-state index contributed by atoms with van der Waals surface area (Å²) < 4.78 is 8.54. The minimum absolute atomic E-state index is 0.179. The van der Waals surface area contributed by atoms with E-state index >= 15 is 0 Å². The van der Waals surface area contributed by atoms with Crippen molar-refractivity contribution >= 4 is 17.4 Å². The van der Waals surface area contributed by atoms with Crippen molar-refractivity contribution < 1.29 is 14.6 Å². The predicted molar refractivity (Wildman–Crippen MR) is 64.1 cm³/mol. The molecular formula is C10H17N3O3S. The van der Waals surface area contributed by atoms with Gasteiger partial charge in [-0.2, -0.15) is 0 Å². The molecule has 0 radical (unpaired) electrons. The summed E-state index contributed by atoms with van der Waals surface area (Å²) in [7, 11) is 1.53. The van der Waals surface area contributed by atoms with Crippen LogP contribution in [0, 0.1) is 0 Å². The molecule has 96 valence electrons. The molecule has 1 aromatic heterocycles. The van der Waals surface area contributed by atoms with E-state index < -0.39 is 6.10 Å². The zero-order chi connectivity index (χ0) is 12.7. The van der Waals surface area contributed by atoms with Gasteiger partial charge in [0.2, 0.25) is 0 Å². The van der Waals surface area contributed by atoms with Gasteiger partial charge in [0.05, 0.1) is 18.4 Å². The minimum Gasteiger partial charge on any atom is -0.391 e. The van der Waals surface area contributed by atoms with Crippen molar-refractivity contribution in [2.75, 3.05) is 20.3 Å². The fourth-order valence-electron chi connectivity index (χ4n) is 1.32. The van der Waals surface area contributed by atoms with E-state index in [4.69, 9.17) is 4.74 Å². The first kappa shape index (κ1) is 14.0. The molecule has 1 amide bonds. The van der Waals surface area contributed by atoms with Gasteiger partial charge in [-0.05, 0) is 24.4 Å². The van der Waals surface area contributed by atoms with E-state index in [0.29, 0.717) is 30.0 Å². The van der Waals surface area contributed by atoms with Crippen LogP contribution in [0.5, 0.6) is 0 Å². The first-order valence-electron chi connectivity index (χ1n) is 5.45. The van der Waals surface area contributed by atoms with E-state index in [2.05, 4.69) is 14.9 Å². The van der Waals surface area contributed by atoms with Gasteiger partial charge in [0, 0.05) is 13.7 Å². The lowest BCUT2D eigenvalue weighted by molar-refractivity contribution is 0.0588. The Morgan fingerprint density at radius 1 is 1.65 bits per heavy atom. The van der Waals surface area contributed by atoms with Crippen LogP contribution in [0.4, 0.5) is 0 Å². The number of carbonyl (C=O) groups is 1. The van der Waals surface area contributed by atoms with Crippen LogP contribution in [0.1, 0.15) is 28.7 Å². The maximum atomic E-state index is 11.7. The highest BCUT2D eigenvalue weighted by Crippen LogP contribution is 2.10. The number of methoxy groups -OCH3 is 1. The Morgan fingerprint density at radius 2 is 2.41 bits per heavy atom. The number of aliphatic hydroxyl groups is 1. The number of carbonyl (C=O) groups excluding carboxylic acids is 1. The molecule has 0 spiro atoms. The maximum Gasteiger partial charge on any atom is 0.264 e. The van der Waals surface area contributed by atoms with Crippen molar-refractivity contribution in [2.24, 2.45) is 0 Å². The standard InChI is InChI=1S/C10H17N3O3S/c1-3-8-9(17-13-12-8)10(15)11-5-4-7(14)6-16-2/h7,14H,3-6H2,1-2H3,(H,11,15). The predicted octanol–water partition coefficient (Wildman–Crippen LogP) is 0.228. The number of aliphatic hydroxyl groups excluding tert-OH is 1. The molecule has 1 heterocycles. The van der Waals surface area contributed by atoms with Gasteiger partial charge >= 0.3 is 0 Å². The van der Waals surface area contributed by atoms with Crippen molar-refractivity contribution in [1.29, 1.82) is 0 Å². The number of hydrogen-bond donors (Lipinski definition) is 2. The Bertz CT molecular complexity index is 356. The second-order valence-electron chi connectivity index (χ2n) is 3.56. The molecule has 1 rings (SSSR count). The van der Waals surface area contributed by atoms with Gasteiger partial charge in [0.15, 0.2) is 0 Å². The van der Waals surface area contributed by atoms with Gasteiger partial charge in [0.25, 0.3) is 5.91 Å². The maximum absolute atomic E-state index is 11.7. The summed E-state index contributed by atoms with van der Waals surface area (Å²) in [6, 6.07) is 0. The third-order valence-electron chi connectivity index (χ3n) is 2.22. The first-order chi connectivity index (χ1) is 8.19. The van der Waals surface area contributed by atoms with Crippen LogP contribution >= 0.6 is 11.5 Å². The second-order valence-corrected chi connectivity index (χ2v) is 4.31. The Kier molecular flexibility index (Phi) is 6.03. The summed E-state index contributed by atoms with van der Waals surface area (Å²) in [5.41, 5.74) is 0.713. The summed E-state index contributed by atoms with van der Waals surface area (Å²) in [5, 5.41) is 16.0. The molecule has 0 bridgehead atoms. The Labute approximate surface area is 104 Å². The van der Waals surface area contributed by atoms with E-state index in [1.54, 1.807) is 0 Å². The third kappa shape index (κ3) is 4.37. The molecule has 0 fully saturated rings. The van der Waals surface area contributed by atoms with Crippen molar-refractivity contribution in [3.63, 3.8) is 0 Å². The number of aryl methyl sites for hydroxylation is 1. The lowest BCUT2D eigenvalue weighted by Gasteiger charge is -2.09. The van der Waals surface area contributed by atoms with Gasteiger partial charge < -0.3 is 15.2 Å². The van der Waals surface area contributed by atoms with Crippen LogP contribution in [0.2, 0.25) is 0 Å². The highest BCUT2D eigenvalue weighted by molar-refractivity contribution is 7.08. The molecule has 1 unspecified atom stereocenters. The highest BCUT2D eigenvalue weighted by atomic mass is 32.1. The Balaban J connectivity index is 2.35. The summed E-state index contributed by atoms with van der Waals surface area (Å²) in [4.78, 5) is 12.3. The SMILES string of the molecule is CCc1nnsc1C(=O)NCCC(O)COC. The zero-order valence-electron chi connectivity index (χ0n) is 9.97. The van der Waals surface area contributed by atoms with Crippen molar-refractivity contribution in [1.82, 2.24) is 14.9 Å². The van der Waals surface area contributed by atoms with Crippen molar-refractivity contribution in [3.8, 4) is 0 Å². The van der Waals surface area contributed by atoms with Crippen LogP contribution in [-0.4, -0.2) is 47.0 Å². The third-order valence-corrected chi connectivity index (χ3v) is 2.99. The molecule has 0 aliphatic heterocycles. The van der Waals surface area contributed by atoms with E-state index in [1.165, 1.54) is 7.11 Å². The fraction of sp³-hybridized carbons (Fsp3) is 0.700. The number of aromatic nitrogens is 2. The van der Waals surface area contributed by atoms with Gasteiger partial charge in [-0.1, -0.05) is 11.4 Å². The highest BCUT2D eigenvalue weighted by Gasteiger charge is 2.14. The molecule has 2 N–H and O–H groups in total. The number of hydrogen-bond acceptors (Lipinski definition) is 6. The molecule has 0 saturated heterocycles. The molecule has 0 saturated carbocycles. The largest absolute Gasteiger partial charge is 0.391 e. The molecule has 17 heavy (non-hydrogen) atoms. The smallest absolute Gasteiger partial charge is 0.264 e. The van der Waals surface area contributed by atoms with E-state index in [0.717, 1.165) is 11.5 Å². The van der Waals surface area contributed by atoms with E-state index in [1.807, 2.05) is 6.92 Å². The van der Waals surface area contributed by atoms with Gasteiger partial charge in [-0.15, -0.1) is 5.10 Å². The minimum atomic E-state index is -0.550. The van der Waals surface area contributed by atoms with Gasteiger partial charge in [-0.25, -0.2) is 0 Å². The number of nitrogens with zero attached hydrogens (tertiary/aromatic N) is 2. The topological polar surface area (TPSA) is 84.3 Å². The summed E-state index contributed by atoms with van der Waals surface area (Å²) in [6.45, 7) is 2.61. The molecule has 0 aliphatic carbocycles. The zero-order valence-corrected chi connectivity index (χ0v) is 10.8. The number of amides is 1. The van der Waals surface area contributed by atoms with Crippen molar-refractivity contribution in [2.45, 2.75) is 25.9 Å². The van der Waals surface area contributed by atoms with Gasteiger partial charge in [0.1, 0.15) is 4.88 Å². The summed E-state index contributed by atoms with van der Waals surface area (Å²) in [5.74, 6) is -0.179. The Hall–Kier alpha value is -1.05. The molecule has 7 heteroatoms. The molecule has 1 atom stereocenters. The number of rotatable bonds is 7. The van der Waals surface area contributed by atoms with E-state index in [9.17, 15) is 9.90 Å². The normalized spacial score (nSPS) is 12.4. The molecule has 0 aliphatic rings. The average molecular weight is 259 g/mol. The molecular weight excluding hydrogens is 242 g/mol. The lowest BCUT2D eigenvalue weighted by atomic mass is 10.2. The van der Waals surface area contributed by atoms with Crippen LogP contribution in [0.25, 0.3) is 0 Å². The van der Waals surface area contributed by atoms with Crippen LogP contribution < -0.4 is 5.32 Å². The van der Waals surface area contributed by atoms with Gasteiger partial charge in [-0.3, -0.25) is 4.79 Å². The van der Waals surface area contributed by atoms with E-state index in [-0.39, 0.29) is 12.5 Å². The molecule has 1 aromatic rings. The monoisotopic (exact) mass is 259 g/mol. The Morgan fingerprint density at radius 3 is 3.06 bits per heavy atom. The molecule has 6 nitrogen and oxygen atoms in total. The fourth-order valence-corrected chi connectivity index (χ4v) is 1.99. The second kappa shape index (κ2) is 7.31. The quantitative estimate of drug-likeness (QED) is 0.732. The van der Waals surface area contributed by atoms with Crippen LogP contribution in [0.3, 0.4) is 0 Å². The van der Waals surface area contributed by atoms with Crippen LogP contribution in [0.15, 0.2) is 0 Å². The van der Waals surface area contributed by atoms with Crippen LogP contribution in [-0.2, 0) is 11.2 Å². The summed E-state index contributed by atoms with van der Waals surface area (Å²) in [6.07, 6.45) is 0.601. The summed E-state index contributed by atoms with van der Waals surface area (Å²) >= 11 is 1.09. The number of ether oxygens (including phenoxy) is 1. The average Bonchev–Trinajstić information content (AvgIpc) is 2.77. The molecule has 0 aromatic carbocycles. The van der Waals surface area contributed by atoms with Crippen molar-refractivity contribution in [3.05, 3.63) is 10.6 Å².